The Kier molecular flexibility index (Phi) is 4.84. The smallest absolute Gasteiger partial charge is 0.251 e. The average molecular weight is 260 g/mol. The number of carbonyl (C=O) groups is 1. The van der Waals surface area contributed by atoms with E-state index in [1.54, 1.807) is 6.26 Å². The third kappa shape index (κ3) is 4.02. The van der Waals surface area contributed by atoms with Crippen LogP contribution < -0.4 is 10.6 Å². The van der Waals surface area contributed by atoms with Gasteiger partial charge in [-0.2, -0.15) is 0 Å². The second-order valence-corrected chi connectivity index (χ2v) is 4.53. The number of amides is 1. The van der Waals surface area contributed by atoms with E-state index in [4.69, 9.17) is 4.74 Å². The summed E-state index contributed by atoms with van der Waals surface area (Å²) < 4.78 is 5.49. The zero-order valence-electron chi connectivity index (χ0n) is 11.2. The van der Waals surface area contributed by atoms with Crippen LogP contribution in [0.4, 0.5) is 5.69 Å². The summed E-state index contributed by atoms with van der Waals surface area (Å²) in [6, 6.07) is 7.52. The molecule has 0 aromatic heterocycles. The van der Waals surface area contributed by atoms with Crippen molar-refractivity contribution in [2.24, 2.45) is 0 Å². The molecule has 4 heteroatoms. The van der Waals surface area contributed by atoms with Gasteiger partial charge in [0.1, 0.15) is 6.10 Å². The van der Waals surface area contributed by atoms with Crippen molar-refractivity contribution >= 4 is 11.6 Å². The Morgan fingerprint density at radius 2 is 2.37 bits per heavy atom. The maximum absolute atomic E-state index is 11.7. The minimum absolute atomic E-state index is 0.0389. The number of anilines is 1. The molecule has 4 nitrogen and oxygen atoms in total. The zero-order chi connectivity index (χ0) is 13.5. The molecule has 0 saturated heterocycles. The number of rotatable bonds is 5. The standard InChI is InChI=1S/C15H20N2O2/c1-2-16-15(18)12-6-5-7-13(10-12)17-11-14-8-3-4-9-19-14/h4-7,9-10,14,17H,2-3,8,11H2,1H3,(H,16,18). The molecule has 1 heterocycles. The molecule has 1 aliphatic rings. The molecule has 1 unspecified atom stereocenters. The second kappa shape index (κ2) is 6.83. The lowest BCUT2D eigenvalue weighted by Gasteiger charge is -2.20. The van der Waals surface area contributed by atoms with Gasteiger partial charge in [0.15, 0.2) is 0 Å². The molecule has 1 amide bonds. The minimum Gasteiger partial charge on any atom is -0.497 e. The molecule has 1 aromatic rings. The predicted molar refractivity (Wildman–Crippen MR) is 76.2 cm³/mol. The van der Waals surface area contributed by atoms with Gasteiger partial charge in [-0.15, -0.1) is 0 Å². The molecule has 1 atom stereocenters. The molecule has 102 valence electrons. The van der Waals surface area contributed by atoms with Gasteiger partial charge in [0.2, 0.25) is 0 Å². The van der Waals surface area contributed by atoms with Crippen molar-refractivity contribution in [1.82, 2.24) is 5.32 Å². The van der Waals surface area contributed by atoms with Gasteiger partial charge in [0.25, 0.3) is 5.91 Å². The number of allylic oxidation sites excluding steroid dienone is 1. The van der Waals surface area contributed by atoms with E-state index in [1.165, 1.54) is 0 Å². The van der Waals surface area contributed by atoms with Crippen molar-refractivity contribution in [2.45, 2.75) is 25.9 Å². The molecule has 0 fully saturated rings. The quantitative estimate of drug-likeness (QED) is 0.855. The van der Waals surface area contributed by atoms with Crippen LogP contribution in [-0.2, 0) is 4.74 Å². The SMILES string of the molecule is CCNC(=O)c1cccc(NCC2CCC=CO2)c1. The monoisotopic (exact) mass is 260 g/mol. The van der Waals surface area contributed by atoms with E-state index in [9.17, 15) is 4.79 Å². The normalized spacial score (nSPS) is 17.6. The fourth-order valence-electron chi connectivity index (χ4n) is 2.00. The van der Waals surface area contributed by atoms with E-state index < -0.39 is 0 Å². The number of carbonyl (C=O) groups excluding carboxylic acids is 1. The number of ether oxygens (including phenoxy) is 1. The lowest BCUT2D eigenvalue weighted by atomic mass is 10.1. The molecule has 0 radical (unpaired) electrons. The van der Waals surface area contributed by atoms with Gasteiger partial charge >= 0.3 is 0 Å². The van der Waals surface area contributed by atoms with Gasteiger partial charge < -0.3 is 15.4 Å². The molecule has 0 spiro atoms. The lowest BCUT2D eigenvalue weighted by molar-refractivity contribution is 0.0956. The summed E-state index contributed by atoms with van der Waals surface area (Å²) in [5.41, 5.74) is 1.62. The molecular weight excluding hydrogens is 240 g/mol. The third-order valence-electron chi connectivity index (χ3n) is 3.02. The maximum atomic E-state index is 11.7. The first-order valence-electron chi connectivity index (χ1n) is 6.72. The molecule has 0 saturated carbocycles. The summed E-state index contributed by atoms with van der Waals surface area (Å²) in [4.78, 5) is 11.7. The predicted octanol–water partition coefficient (Wildman–Crippen LogP) is 2.54. The van der Waals surface area contributed by atoms with Crippen molar-refractivity contribution in [3.05, 3.63) is 42.2 Å². The Morgan fingerprint density at radius 3 is 3.11 bits per heavy atom. The highest BCUT2D eigenvalue weighted by Gasteiger charge is 2.11. The van der Waals surface area contributed by atoms with Crippen LogP contribution in [-0.4, -0.2) is 25.1 Å². The number of nitrogens with one attached hydrogen (secondary N) is 2. The average Bonchev–Trinajstić information content (AvgIpc) is 2.47. The van der Waals surface area contributed by atoms with E-state index in [0.29, 0.717) is 12.1 Å². The number of hydrogen-bond acceptors (Lipinski definition) is 3. The summed E-state index contributed by atoms with van der Waals surface area (Å²) in [5, 5.41) is 6.11. The minimum atomic E-state index is -0.0389. The van der Waals surface area contributed by atoms with Crippen LogP contribution in [0.5, 0.6) is 0 Å². The van der Waals surface area contributed by atoms with Crippen molar-refractivity contribution in [3.8, 4) is 0 Å². The fraction of sp³-hybridized carbons (Fsp3) is 0.400. The van der Waals surface area contributed by atoms with Crippen molar-refractivity contribution in [2.75, 3.05) is 18.4 Å². The molecule has 19 heavy (non-hydrogen) atoms. The first kappa shape index (κ1) is 13.5. The van der Waals surface area contributed by atoms with E-state index >= 15 is 0 Å². The molecule has 0 aliphatic carbocycles. The highest BCUT2D eigenvalue weighted by molar-refractivity contribution is 5.95. The van der Waals surface area contributed by atoms with E-state index in [-0.39, 0.29) is 12.0 Å². The van der Waals surface area contributed by atoms with Crippen LogP contribution in [0.15, 0.2) is 36.6 Å². The van der Waals surface area contributed by atoms with Gasteiger partial charge in [-0.3, -0.25) is 4.79 Å². The van der Waals surface area contributed by atoms with Crippen molar-refractivity contribution < 1.29 is 9.53 Å². The molecule has 2 N–H and O–H groups in total. The first-order chi connectivity index (χ1) is 9.29. The van der Waals surface area contributed by atoms with Gasteiger partial charge in [0, 0.05) is 17.8 Å². The van der Waals surface area contributed by atoms with Gasteiger partial charge in [-0.1, -0.05) is 6.07 Å². The summed E-state index contributed by atoms with van der Waals surface area (Å²) >= 11 is 0. The van der Waals surface area contributed by atoms with E-state index in [1.807, 2.05) is 37.3 Å². The van der Waals surface area contributed by atoms with Crippen molar-refractivity contribution in [3.63, 3.8) is 0 Å². The molecular formula is C15H20N2O2. The molecule has 0 bridgehead atoms. The summed E-state index contributed by atoms with van der Waals surface area (Å²) in [5.74, 6) is -0.0389. The first-order valence-corrected chi connectivity index (χ1v) is 6.72. The summed E-state index contributed by atoms with van der Waals surface area (Å²) in [6.07, 6.45) is 6.09. The van der Waals surface area contributed by atoms with Gasteiger partial charge in [-0.25, -0.2) is 0 Å². The Morgan fingerprint density at radius 1 is 1.47 bits per heavy atom. The van der Waals surface area contributed by atoms with E-state index in [2.05, 4.69) is 10.6 Å². The van der Waals surface area contributed by atoms with Crippen LogP contribution in [0, 0.1) is 0 Å². The van der Waals surface area contributed by atoms with Crippen LogP contribution >= 0.6 is 0 Å². The van der Waals surface area contributed by atoms with Crippen LogP contribution in [0.2, 0.25) is 0 Å². The molecule has 2 rings (SSSR count). The van der Waals surface area contributed by atoms with Crippen molar-refractivity contribution in [1.29, 1.82) is 0 Å². The zero-order valence-corrected chi connectivity index (χ0v) is 11.2. The van der Waals surface area contributed by atoms with E-state index in [0.717, 1.165) is 25.1 Å². The number of hydrogen-bond donors (Lipinski definition) is 2. The van der Waals surface area contributed by atoms with Crippen LogP contribution in [0.1, 0.15) is 30.1 Å². The summed E-state index contributed by atoms with van der Waals surface area (Å²) in [6.45, 7) is 3.30. The van der Waals surface area contributed by atoms with Crippen LogP contribution in [0.25, 0.3) is 0 Å². The Hall–Kier alpha value is -1.97. The van der Waals surface area contributed by atoms with Gasteiger partial charge in [-0.05, 0) is 44.0 Å². The number of benzene rings is 1. The highest BCUT2D eigenvalue weighted by Crippen LogP contribution is 2.14. The second-order valence-electron chi connectivity index (χ2n) is 4.53. The van der Waals surface area contributed by atoms with Gasteiger partial charge in [0.05, 0.1) is 12.8 Å². The highest BCUT2D eigenvalue weighted by atomic mass is 16.5. The Bertz CT molecular complexity index is 457. The van der Waals surface area contributed by atoms with Crippen LogP contribution in [0.3, 0.4) is 0 Å². The maximum Gasteiger partial charge on any atom is 0.251 e. The third-order valence-corrected chi connectivity index (χ3v) is 3.02. The fourth-order valence-corrected chi connectivity index (χ4v) is 2.00. The summed E-state index contributed by atoms with van der Waals surface area (Å²) in [7, 11) is 0. The molecule has 1 aliphatic heterocycles. The Balaban J connectivity index is 1.91. The molecule has 1 aromatic carbocycles. The lowest BCUT2D eigenvalue weighted by Crippen LogP contribution is -2.24. The Labute approximate surface area is 113 Å². The largest absolute Gasteiger partial charge is 0.497 e. The topological polar surface area (TPSA) is 50.4 Å².